The third-order valence-corrected chi connectivity index (χ3v) is 4.47. The Hall–Kier alpha value is -3.35. The fourth-order valence-electron chi connectivity index (χ4n) is 2.97. The first-order valence-corrected chi connectivity index (χ1v) is 9.66. The van der Waals surface area contributed by atoms with Crippen molar-refractivity contribution in [1.29, 1.82) is 0 Å². The van der Waals surface area contributed by atoms with Crippen LogP contribution in [-0.4, -0.2) is 41.4 Å². The quantitative estimate of drug-likeness (QED) is 0.615. The van der Waals surface area contributed by atoms with Crippen molar-refractivity contribution in [2.75, 3.05) is 20.2 Å². The maximum atomic E-state index is 12.7. The number of hydrogen-bond acceptors (Lipinski definition) is 4. The van der Waals surface area contributed by atoms with Crippen molar-refractivity contribution in [1.82, 2.24) is 20.0 Å². The van der Waals surface area contributed by atoms with Gasteiger partial charge in [-0.25, -0.2) is 4.98 Å². The number of nitrogens with zero attached hydrogens (tertiary/aromatic N) is 2. The minimum atomic E-state index is -0.322. The van der Waals surface area contributed by atoms with E-state index in [1.807, 2.05) is 44.2 Å². The summed E-state index contributed by atoms with van der Waals surface area (Å²) in [5, 5.41) is 5.74. The molecule has 0 aliphatic carbocycles. The van der Waals surface area contributed by atoms with Crippen LogP contribution < -0.4 is 15.4 Å². The Labute approximate surface area is 170 Å². The van der Waals surface area contributed by atoms with Crippen molar-refractivity contribution in [2.45, 2.75) is 20.3 Å². The molecule has 0 aliphatic heterocycles. The first kappa shape index (κ1) is 20.4. The van der Waals surface area contributed by atoms with Crippen LogP contribution in [-0.2, 0) is 6.42 Å². The Morgan fingerprint density at radius 3 is 2.69 bits per heavy atom. The standard InChI is InChI=1S/C22H26N4O3/c1-15(2)14-24-21(27)19-18-9-4-5-12-26(18)20(25-19)22(28)23-11-10-16-7-6-8-17(13-16)29-3/h4-9,12-13,15H,10-11,14H2,1-3H3,(H,23,28)(H,24,27). The highest BCUT2D eigenvalue weighted by molar-refractivity contribution is 6.02. The number of carbonyl (C=O) groups excluding carboxylic acids is 2. The summed E-state index contributed by atoms with van der Waals surface area (Å²) < 4.78 is 6.86. The summed E-state index contributed by atoms with van der Waals surface area (Å²) in [6.07, 6.45) is 2.40. The van der Waals surface area contributed by atoms with Gasteiger partial charge in [0.2, 0.25) is 5.82 Å². The number of ether oxygens (including phenoxy) is 1. The van der Waals surface area contributed by atoms with Crippen LogP contribution in [0.4, 0.5) is 0 Å². The second-order valence-corrected chi connectivity index (χ2v) is 7.20. The van der Waals surface area contributed by atoms with Crippen molar-refractivity contribution in [3.63, 3.8) is 0 Å². The van der Waals surface area contributed by atoms with Gasteiger partial charge in [0, 0.05) is 19.3 Å². The van der Waals surface area contributed by atoms with Gasteiger partial charge in [-0.1, -0.05) is 32.0 Å². The topological polar surface area (TPSA) is 84.7 Å². The Morgan fingerprint density at radius 2 is 1.93 bits per heavy atom. The second-order valence-electron chi connectivity index (χ2n) is 7.20. The molecule has 7 nitrogen and oxygen atoms in total. The van der Waals surface area contributed by atoms with Gasteiger partial charge in [-0.15, -0.1) is 0 Å². The van der Waals surface area contributed by atoms with Crippen LogP contribution in [0.15, 0.2) is 48.7 Å². The molecule has 0 unspecified atom stereocenters. The Balaban J connectivity index is 1.73. The largest absolute Gasteiger partial charge is 0.497 e. The van der Waals surface area contributed by atoms with E-state index in [1.165, 1.54) is 0 Å². The summed E-state index contributed by atoms with van der Waals surface area (Å²) in [5.41, 5.74) is 1.92. The molecule has 0 saturated heterocycles. The van der Waals surface area contributed by atoms with E-state index in [0.717, 1.165) is 11.3 Å². The summed E-state index contributed by atoms with van der Waals surface area (Å²) in [4.78, 5) is 29.6. The molecule has 152 valence electrons. The van der Waals surface area contributed by atoms with Crippen LogP contribution in [0.3, 0.4) is 0 Å². The Bertz CT molecular complexity index is 1010. The van der Waals surface area contributed by atoms with Crippen molar-refractivity contribution >= 4 is 17.3 Å². The van der Waals surface area contributed by atoms with Crippen LogP contribution in [0.5, 0.6) is 5.75 Å². The average Bonchev–Trinajstić information content (AvgIpc) is 3.12. The zero-order chi connectivity index (χ0) is 20.8. The van der Waals surface area contributed by atoms with Crippen LogP contribution in [0.1, 0.15) is 40.5 Å². The van der Waals surface area contributed by atoms with Gasteiger partial charge in [0.05, 0.1) is 12.6 Å². The van der Waals surface area contributed by atoms with Crippen molar-refractivity contribution in [3.8, 4) is 5.75 Å². The molecule has 0 radical (unpaired) electrons. The molecule has 29 heavy (non-hydrogen) atoms. The number of rotatable bonds is 8. The summed E-state index contributed by atoms with van der Waals surface area (Å²) >= 11 is 0. The van der Waals surface area contributed by atoms with Gasteiger partial charge in [-0.05, 0) is 42.2 Å². The molecule has 2 amide bonds. The molecule has 0 spiro atoms. The molecule has 3 aromatic rings. The number of fused-ring (bicyclic) bond motifs is 1. The molecule has 3 rings (SSSR count). The number of aromatic nitrogens is 2. The van der Waals surface area contributed by atoms with E-state index >= 15 is 0 Å². The fourth-order valence-corrected chi connectivity index (χ4v) is 2.97. The maximum Gasteiger partial charge on any atom is 0.287 e. The summed E-state index contributed by atoms with van der Waals surface area (Å²) in [6, 6.07) is 13.1. The number of pyridine rings is 1. The fraction of sp³-hybridized carbons (Fsp3) is 0.318. The predicted octanol–water partition coefficient (Wildman–Crippen LogP) is 2.70. The molecular formula is C22H26N4O3. The van der Waals surface area contributed by atoms with Crippen molar-refractivity contribution < 1.29 is 14.3 Å². The normalized spacial score (nSPS) is 10.9. The third-order valence-electron chi connectivity index (χ3n) is 4.47. The summed E-state index contributed by atoms with van der Waals surface area (Å²) in [5.74, 6) is 0.702. The van der Waals surface area contributed by atoms with Gasteiger partial charge in [0.15, 0.2) is 5.69 Å². The first-order valence-electron chi connectivity index (χ1n) is 9.66. The Kier molecular flexibility index (Phi) is 6.49. The highest BCUT2D eigenvalue weighted by Crippen LogP contribution is 2.14. The van der Waals surface area contributed by atoms with Crippen LogP contribution in [0, 0.1) is 5.92 Å². The lowest BCUT2D eigenvalue weighted by atomic mass is 10.1. The lowest BCUT2D eigenvalue weighted by Gasteiger charge is -2.06. The highest BCUT2D eigenvalue weighted by Gasteiger charge is 2.21. The lowest BCUT2D eigenvalue weighted by molar-refractivity contribution is 0.0942. The molecule has 0 bridgehead atoms. The van der Waals surface area contributed by atoms with Gasteiger partial charge >= 0.3 is 0 Å². The molecule has 1 aromatic carbocycles. The van der Waals surface area contributed by atoms with Crippen molar-refractivity contribution in [2.24, 2.45) is 5.92 Å². The van der Waals surface area contributed by atoms with E-state index in [2.05, 4.69) is 15.6 Å². The van der Waals surface area contributed by atoms with E-state index in [0.29, 0.717) is 30.9 Å². The third kappa shape index (κ3) is 4.93. The molecule has 0 aliphatic rings. The average molecular weight is 394 g/mol. The maximum absolute atomic E-state index is 12.7. The van der Waals surface area contributed by atoms with E-state index in [9.17, 15) is 9.59 Å². The molecule has 0 saturated carbocycles. The molecular weight excluding hydrogens is 368 g/mol. The molecule has 7 heteroatoms. The molecule has 2 aromatic heterocycles. The lowest BCUT2D eigenvalue weighted by Crippen LogP contribution is -2.29. The first-order chi connectivity index (χ1) is 14.0. The molecule has 0 atom stereocenters. The van der Waals surface area contributed by atoms with Crippen molar-refractivity contribution in [3.05, 3.63) is 65.7 Å². The monoisotopic (exact) mass is 394 g/mol. The van der Waals surface area contributed by atoms with Gasteiger partial charge in [-0.3, -0.25) is 14.0 Å². The number of imidazole rings is 1. The van der Waals surface area contributed by atoms with E-state index in [-0.39, 0.29) is 23.3 Å². The van der Waals surface area contributed by atoms with E-state index < -0.39 is 0 Å². The minimum Gasteiger partial charge on any atom is -0.497 e. The van der Waals surface area contributed by atoms with Gasteiger partial charge in [0.25, 0.3) is 11.8 Å². The highest BCUT2D eigenvalue weighted by atomic mass is 16.5. The number of hydrogen-bond donors (Lipinski definition) is 2. The molecule has 2 N–H and O–H groups in total. The van der Waals surface area contributed by atoms with Crippen LogP contribution >= 0.6 is 0 Å². The number of carbonyl (C=O) groups is 2. The number of methoxy groups -OCH3 is 1. The zero-order valence-corrected chi connectivity index (χ0v) is 16.9. The SMILES string of the molecule is COc1cccc(CCNC(=O)c2nc(C(=O)NCC(C)C)c3ccccn23)c1. The summed E-state index contributed by atoms with van der Waals surface area (Å²) in [7, 11) is 1.62. The molecule has 0 fully saturated rings. The Morgan fingerprint density at radius 1 is 1.10 bits per heavy atom. The smallest absolute Gasteiger partial charge is 0.287 e. The number of amides is 2. The number of nitrogens with one attached hydrogen (secondary N) is 2. The zero-order valence-electron chi connectivity index (χ0n) is 16.9. The molecule has 2 heterocycles. The van der Waals surface area contributed by atoms with Crippen LogP contribution in [0.25, 0.3) is 5.52 Å². The number of benzene rings is 1. The minimum absolute atomic E-state index is 0.195. The van der Waals surface area contributed by atoms with Gasteiger partial charge < -0.3 is 15.4 Å². The predicted molar refractivity (Wildman–Crippen MR) is 111 cm³/mol. The van der Waals surface area contributed by atoms with E-state index in [4.69, 9.17) is 4.74 Å². The summed E-state index contributed by atoms with van der Waals surface area (Å²) in [6.45, 7) is 5.04. The van der Waals surface area contributed by atoms with E-state index in [1.54, 1.807) is 29.8 Å². The second kappa shape index (κ2) is 9.23. The van der Waals surface area contributed by atoms with Gasteiger partial charge in [0.1, 0.15) is 5.75 Å². The van der Waals surface area contributed by atoms with Gasteiger partial charge in [-0.2, -0.15) is 0 Å². The van der Waals surface area contributed by atoms with Crippen LogP contribution in [0.2, 0.25) is 0 Å².